The van der Waals surface area contributed by atoms with Crippen molar-refractivity contribution in [2.75, 3.05) is 19.8 Å². The van der Waals surface area contributed by atoms with Crippen LogP contribution >= 0.6 is 0 Å². The highest BCUT2D eigenvalue weighted by Crippen LogP contribution is 2.20. The Hall–Kier alpha value is -3.28. The lowest BCUT2D eigenvalue weighted by Crippen LogP contribution is -2.12. The molecule has 0 amide bonds. The molecule has 0 aliphatic rings. The minimum Gasteiger partial charge on any atom is -0.494 e. The van der Waals surface area contributed by atoms with Gasteiger partial charge >= 0.3 is 11.9 Å². The lowest BCUT2D eigenvalue weighted by atomic mass is 10.1. The largest absolute Gasteiger partial charge is 0.494 e. The molecular formula is C27H34O6. The average Bonchev–Trinajstić information content (AvgIpc) is 2.82. The number of rotatable bonds is 15. The molecule has 0 aliphatic carbocycles. The number of carbonyl (C=O) groups is 2. The molecule has 0 radical (unpaired) electrons. The van der Waals surface area contributed by atoms with Gasteiger partial charge in [0.2, 0.25) is 0 Å². The van der Waals surface area contributed by atoms with Crippen LogP contribution in [0.1, 0.15) is 62.7 Å². The van der Waals surface area contributed by atoms with Gasteiger partial charge in [0.25, 0.3) is 0 Å². The number of benzene rings is 2. The third-order valence-corrected chi connectivity index (χ3v) is 4.82. The quantitative estimate of drug-likeness (QED) is 0.139. The molecule has 6 nitrogen and oxygen atoms in total. The van der Waals surface area contributed by atoms with Crippen molar-refractivity contribution in [3.63, 3.8) is 0 Å². The molecule has 6 heteroatoms. The Morgan fingerprint density at radius 3 is 1.91 bits per heavy atom. The van der Waals surface area contributed by atoms with Crippen molar-refractivity contribution in [2.45, 2.75) is 52.4 Å². The van der Waals surface area contributed by atoms with E-state index < -0.39 is 11.9 Å². The van der Waals surface area contributed by atoms with Crippen LogP contribution in [0.2, 0.25) is 0 Å². The second-order valence-electron chi connectivity index (χ2n) is 7.77. The third kappa shape index (κ3) is 10.3. The summed E-state index contributed by atoms with van der Waals surface area (Å²) in [7, 11) is 0. The van der Waals surface area contributed by atoms with Gasteiger partial charge in [0.05, 0.1) is 12.2 Å². The van der Waals surface area contributed by atoms with E-state index in [0.29, 0.717) is 29.2 Å². The number of hydrogen-bond acceptors (Lipinski definition) is 6. The second kappa shape index (κ2) is 14.7. The molecule has 0 atom stereocenters. The summed E-state index contributed by atoms with van der Waals surface area (Å²) < 4.78 is 21.6. The molecule has 2 aromatic carbocycles. The maximum atomic E-state index is 12.4. The van der Waals surface area contributed by atoms with Gasteiger partial charge in [-0.1, -0.05) is 45.6 Å². The van der Waals surface area contributed by atoms with Crippen molar-refractivity contribution in [3.8, 4) is 17.2 Å². The highest BCUT2D eigenvalue weighted by Gasteiger charge is 2.09. The van der Waals surface area contributed by atoms with E-state index in [4.69, 9.17) is 18.9 Å². The Morgan fingerprint density at radius 2 is 1.27 bits per heavy atom. The van der Waals surface area contributed by atoms with Gasteiger partial charge in [-0.25, -0.2) is 9.59 Å². The summed E-state index contributed by atoms with van der Waals surface area (Å²) in [6.45, 7) is 8.32. The normalized spacial score (nSPS) is 10.4. The fourth-order valence-corrected chi connectivity index (χ4v) is 2.95. The number of unbranched alkanes of at least 4 members (excludes halogenated alkanes) is 5. The maximum Gasteiger partial charge on any atom is 0.343 e. The first-order chi connectivity index (χ1) is 16.0. The lowest BCUT2D eigenvalue weighted by molar-refractivity contribution is -0.139. The van der Waals surface area contributed by atoms with Crippen molar-refractivity contribution in [2.24, 2.45) is 0 Å². The van der Waals surface area contributed by atoms with Crippen LogP contribution in [0.4, 0.5) is 0 Å². The second-order valence-corrected chi connectivity index (χ2v) is 7.77. The molecule has 33 heavy (non-hydrogen) atoms. The molecular weight excluding hydrogens is 420 g/mol. The van der Waals surface area contributed by atoms with Crippen molar-refractivity contribution in [1.82, 2.24) is 0 Å². The molecule has 0 saturated heterocycles. The Labute approximate surface area is 196 Å². The summed E-state index contributed by atoms with van der Waals surface area (Å²) in [5, 5.41) is 0. The van der Waals surface area contributed by atoms with Gasteiger partial charge in [-0.3, -0.25) is 0 Å². The molecule has 0 bridgehead atoms. The highest BCUT2D eigenvalue weighted by molar-refractivity contribution is 5.91. The number of carbonyl (C=O) groups excluding carboxylic acids is 2. The predicted octanol–water partition coefficient (Wildman–Crippen LogP) is 6.14. The van der Waals surface area contributed by atoms with E-state index in [-0.39, 0.29) is 13.2 Å². The van der Waals surface area contributed by atoms with E-state index in [1.54, 1.807) is 55.5 Å². The van der Waals surface area contributed by atoms with Gasteiger partial charge in [0, 0.05) is 5.57 Å². The minimum absolute atomic E-state index is 0.119. The van der Waals surface area contributed by atoms with Gasteiger partial charge in [-0.15, -0.1) is 0 Å². The van der Waals surface area contributed by atoms with Gasteiger partial charge in [0.1, 0.15) is 30.5 Å². The van der Waals surface area contributed by atoms with E-state index >= 15 is 0 Å². The number of hydrogen-bond donors (Lipinski definition) is 0. The van der Waals surface area contributed by atoms with Gasteiger partial charge in [0.15, 0.2) is 0 Å². The summed E-state index contributed by atoms with van der Waals surface area (Å²) in [4.78, 5) is 23.7. The molecule has 0 heterocycles. The standard InChI is InChI=1S/C27H34O6/c1-4-5-6-7-8-9-18-30-24-14-16-25(17-15-24)33-27(29)22-10-12-23(13-11-22)31-19-20-32-26(28)21(2)3/h10-17H,2,4-9,18-20H2,1,3H3. The molecule has 0 saturated carbocycles. The SMILES string of the molecule is C=C(C)C(=O)OCCOc1ccc(C(=O)Oc2ccc(OCCCCCCCC)cc2)cc1. The molecule has 0 spiro atoms. The first-order valence-electron chi connectivity index (χ1n) is 11.5. The Morgan fingerprint density at radius 1 is 0.727 bits per heavy atom. The molecule has 2 aromatic rings. The zero-order valence-electron chi connectivity index (χ0n) is 19.6. The van der Waals surface area contributed by atoms with Crippen molar-refractivity contribution in [3.05, 3.63) is 66.2 Å². The average molecular weight is 455 g/mol. The van der Waals surface area contributed by atoms with Crippen molar-refractivity contribution < 1.29 is 28.5 Å². The first kappa shape index (κ1) is 26.0. The molecule has 178 valence electrons. The molecule has 0 aromatic heterocycles. The van der Waals surface area contributed by atoms with Crippen LogP contribution in [0.25, 0.3) is 0 Å². The van der Waals surface area contributed by atoms with Crippen LogP contribution in [0, 0.1) is 0 Å². The lowest BCUT2D eigenvalue weighted by Gasteiger charge is -2.09. The Bertz CT molecular complexity index is 870. The summed E-state index contributed by atoms with van der Waals surface area (Å²) >= 11 is 0. The van der Waals surface area contributed by atoms with Crippen LogP contribution in [0.3, 0.4) is 0 Å². The Kier molecular flexibility index (Phi) is 11.6. The van der Waals surface area contributed by atoms with Crippen LogP contribution < -0.4 is 14.2 Å². The van der Waals surface area contributed by atoms with Gasteiger partial charge < -0.3 is 18.9 Å². The number of esters is 2. The molecule has 0 N–H and O–H groups in total. The monoisotopic (exact) mass is 454 g/mol. The Balaban J connectivity index is 1.70. The summed E-state index contributed by atoms with van der Waals surface area (Å²) in [6, 6.07) is 13.6. The molecule has 2 rings (SSSR count). The minimum atomic E-state index is -0.460. The van der Waals surface area contributed by atoms with Crippen LogP contribution in [0.15, 0.2) is 60.7 Å². The smallest absolute Gasteiger partial charge is 0.343 e. The van der Waals surface area contributed by atoms with E-state index in [2.05, 4.69) is 13.5 Å². The fourth-order valence-electron chi connectivity index (χ4n) is 2.95. The zero-order chi connectivity index (χ0) is 23.9. The van der Waals surface area contributed by atoms with E-state index in [1.807, 2.05) is 0 Å². The summed E-state index contributed by atoms with van der Waals surface area (Å²) in [5.74, 6) is 0.863. The number of ether oxygens (including phenoxy) is 4. The van der Waals surface area contributed by atoms with Crippen molar-refractivity contribution in [1.29, 1.82) is 0 Å². The van der Waals surface area contributed by atoms with Crippen LogP contribution in [-0.2, 0) is 9.53 Å². The zero-order valence-corrected chi connectivity index (χ0v) is 19.6. The predicted molar refractivity (Wildman–Crippen MR) is 128 cm³/mol. The van der Waals surface area contributed by atoms with E-state index in [9.17, 15) is 9.59 Å². The maximum absolute atomic E-state index is 12.4. The third-order valence-electron chi connectivity index (χ3n) is 4.82. The van der Waals surface area contributed by atoms with Gasteiger partial charge in [-0.2, -0.15) is 0 Å². The molecule has 0 aliphatic heterocycles. The van der Waals surface area contributed by atoms with Crippen LogP contribution in [0.5, 0.6) is 17.2 Å². The topological polar surface area (TPSA) is 71.1 Å². The van der Waals surface area contributed by atoms with Gasteiger partial charge in [-0.05, 0) is 61.9 Å². The summed E-state index contributed by atoms with van der Waals surface area (Å²) in [5.41, 5.74) is 0.743. The highest BCUT2D eigenvalue weighted by atomic mass is 16.6. The first-order valence-corrected chi connectivity index (χ1v) is 11.5. The van der Waals surface area contributed by atoms with Crippen LogP contribution in [-0.4, -0.2) is 31.8 Å². The fraction of sp³-hybridized carbons (Fsp3) is 0.407. The van der Waals surface area contributed by atoms with Crippen molar-refractivity contribution >= 4 is 11.9 Å². The van der Waals surface area contributed by atoms with E-state index in [1.165, 1.54) is 32.1 Å². The summed E-state index contributed by atoms with van der Waals surface area (Å²) in [6.07, 6.45) is 7.32. The molecule has 0 unspecified atom stereocenters. The van der Waals surface area contributed by atoms with E-state index in [0.717, 1.165) is 12.2 Å². The molecule has 0 fully saturated rings.